The van der Waals surface area contributed by atoms with Crippen molar-refractivity contribution in [3.05, 3.63) is 187 Å². The van der Waals surface area contributed by atoms with Gasteiger partial charge in [-0.2, -0.15) is 0 Å². The number of aryl methyl sites for hydroxylation is 1. The minimum Gasteiger partial charge on any atom is -0.456 e. The summed E-state index contributed by atoms with van der Waals surface area (Å²) < 4.78 is 12.9. The van der Waals surface area contributed by atoms with Crippen molar-refractivity contribution in [2.45, 2.75) is 6.92 Å². The van der Waals surface area contributed by atoms with Gasteiger partial charge < -0.3 is 8.83 Å². The quantitative estimate of drug-likeness (QED) is 0.126. The van der Waals surface area contributed by atoms with Crippen molar-refractivity contribution in [2.75, 3.05) is 0 Å². The van der Waals surface area contributed by atoms with Crippen molar-refractivity contribution < 1.29 is 8.83 Å². The van der Waals surface area contributed by atoms with Gasteiger partial charge in [-0.15, -0.1) is 0 Å². The van der Waals surface area contributed by atoms with Crippen LogP contribution in [-0.2, 0) is 0 Å². The molecule has 3 aromatic heterocycles. The zero-order valence-corrected chi connectivity index (χ0v) is 31.0. The Hall–Kier alpha value is -7.63. The van der Waals surface area contributed by atoms with E-state index in [2.05, 4.69) is 128 Å². The second kappa shape index (κ2) is 13.3. The van der Waals surface area contributed by atoms with Gasteiger partial charge in [-0.3, -0.25) is 0 Å². The molecule has 0 unspecified atom stereocenters. The van der Waals surface area contributed by atoms with Gasteiger partial charge in [-0.25, -0.2) is 15.0 Å². The number of hydrogen-bond acceptors (Lipinski definition) is 5. The van der Waals surface area contributed by atoms with Crippen LogP contribution in [0.1, 0.15) is 16.9 Å². The molecule has 8 aromatic carbocycles. The van der Waals surface area contributed by atoms with Crippen LogP contribution >= 0.6 is 0 Å². The highest BCUT2D eigenvalue weighted by molar-refractivity contribution is 6.14. The van der Waals surface area contributed by atoms with Crippen molar-refractivity contribution in [3.63, 3.8) is 0 Å². The first kappa shape index (κ1) is 32.8. The average molecular weight is 732 g/mol. The Balaban J connectivity index is 0.992. The smallest absolute Gasteiger partial charge is 0.164 e. The molecule has 5 nitrogen and oxygen atoms in total. The van der Waals surface area contributed by atoms with Crippen LogP contribution in [0.25, 0.3) is 112 Å². The molecular formula is C52H33N3O2. The zero-order chi connectivity index (χ0) is 37.9. The lowest BCUT2D eigenvalue weighted by molar-refractivity contribution is 0.604. The molecule has 0 spiro atoms. The molecule has 11 rings (SSSR count). The molecule has 3 heterocycles. The van der Waals surface area contributed by atoms with Crippen molar-refractivity contribution in [1.29, 1.82) is 0 Å². The summed E-state index contributed by atoms with van der Waals surface area (Å²) in [4.78, 5) is 15.5. The Labute approximate surface area is 327 Å². The highest BCUT2D eigenvalue weighted by Gasteiger charge is 2.19. The van der Waals surface area contributed by atoms with Crippen molar-refractivity contribution in [2.24, 2.45) is 0 Å². The van der Waals surface area contributed by atoms with Gasteiger partial charge in [0.25, 0.3) is 0 Å². The lowest BCUT2D eigenvalue weighted by atomic mass is 9.96. The number of benzene rings is 8. The molecule has 0 atom stereocenters. The first-order valence-electron chi connectivity index (χ1n) is 19.1. The van der Waals surface area contributed by atoms with E-state index in [1.165, 1.54) is 10.8 Å². The molecule has 0 saturated heterocycles. The third-order valence-corrected chi connectivity index (χ3v) is 11.0. The van der Waals surface area contributed by atoms with Gasteiger partial charge in [0.05, 0.1) is 0 Å². The fraction of sp³-hybridized carbons (Fsp3) is 0.0192. The minimum absolute atomic E-state index is 0.590. The number of aromatic nitrogens is 3. The number of furan rings is 2. The molecule has 5 heteroatoms. The molecule has 0 aliphatic heterocycles. The first-order chi connectivity index (χ1) is 28.2. The maximum Gasteiger partial charge on any atom is 0.164 e. The largest absolute Gasteiger partial charge is 0.456 e. The van der Waals surface area contributed by atoms with Crippen LogP contribution in [0.2, 0.25) is 0 Å². The predicted octanol–water partition coefficient (Wildman–Crippen LogP) is 14.0. The van der Waals surface area contributed by atoms with Gasteiger partial charge in [0, 0.05) is 43.8 Å². The summed E-state index contributed by atoms with van der Waals surface area (Å²) in [5, 5.41) is 9.99. The van der Waals surface area contributed by atoms with Gasteiger partial charge in [0.1, 0.15) is 22.5 Å². The van der Waals surface area contributed by atoms with Crippen LogP contribution < -0.4 is 0 Å². The molecule has 11 aromatic rings. The number of fused-ring (bicyclic) bond motifs is 9. The Bertz CT molecular complexity index is 3430. The Morgan fingerprint density at radius 2 is 1.12 bits per heavy atom. The van der Waals surface area contributed by atoms with E-state index in [0.717, 1.165) is 88.0 Å². The van der Waals surface area contributed by atoms with E-state index in [0.29, 0.717) is 17.5 Å². The number of hydrogen-bond donors (Lipinski definition) is 0. The van der Waals surface area contributed by atoms with Crippen LogP contribution in [0.5, 0.6) is 0 Å². The van der Waals surface area contributed by atoms with E-state index < -0.39 is 0 Å². The van der Waals surface area contributed by atoms with E-state index in [9.17, 15) is 0 Å². The van der Waals surface area contributed by atoms with Crippen molar-refractivity contribution in [3.8, 4) is 34.2 Å². The van der Waals surface area contributed by atoms with E-state index in [-0.39, 0.29) is 0 Å². The van der Waals surface area contributed by atoms with Crippen molar-refractivity contribution in [1.82, 2.24) is 15.0 Å². The molecule has 0 radical (unpaired) electrons. The molecule has 0 N–H and O–H groups in total. The second-order valence-corrected chi connectivity index (χ2v) is 14.4. The summed E-state index contributed by atoms with van der Waals surface area (Å²) >= 11 is 0. The summed E-state index contributed by atoms with van der Waals surface area (Å²) in [7, 11) is 0. The van der Waals surface area contributed by atoms with Crippen LogP contribution in [0.3, 0.4) is 0 Å². The Kier molecular flexibility index (Phi) is 7.64. The fourth-order valence-corrected chi connectivity index (χ4v) is 8.14. The van der Waals surface area contributed by atoms with E-state index in [1.807, 2.05) is 60.7 Å². The summed E-state index contributed by atoms with van der Waals surface area (Å²) in [5.74, 6) is 2.69. The van der Waals surface area contributed by atoms with Crippen molar-refractivity contribution >= 4 is 77.4 Å². The Morgan fingerprint density at radius 1 is 0.439 bits per heavy atom. The molecule has 0 amide bonds. The predicted molar refractivity (Wildman–Crippen MR) is 235 cm³/mol. The monoisotopic (exact) mass is 731 g/mol. The average Bonchev–Trinajstić information content (AvgIpc) is 3.81. The van der Waals surface area contributed by atoms with Gasteiger partial charge in [0.15, 0.2) is 17.5 Å². The molecule has 57 heavy (non-hydrogen) atoms. The van der Waals surface area contributed by atoms with Gasteiger partial charge in [-0.1, -0.05) is 152 Å². The van der Waals surface area contributed by atoms with E-state index >= 15 is 0 Å². The van der Waals surface area contributed by atoms with Gasteiger partial charge in [-0.05, 0) is 69.8 Å². The van der Waals surface area contributed by atoms with Gasteiger partial charge >= 0.3 is 0 Å². The summed E-state index contributed by atoms with van der Waals surface area (Å²) in [6.07, 6.45) is 8.17. The summed E-state index contributed by atoms with van der Waals surface area (Å²) in [6, 6.07) is 54.3. The number of allylic oxidation sites excluding steroid dienone is 2. The molecule has 0 saturated carbocycles. The molecule has 0 bridgehead atoms. The lowest BCUT2D eigenvalue weighted by Crippen LogP contribution is -2.01. The summed E-state index contributed by atoms with van der Waals surface area (Å²) in [5.41, 5.74) is 7.42. The third-order valence-electron chi connectivity index (χ3n) is 11.0. The van der Waals surface area contributed by atoms with E-state index in [1.54, 1.807) is 0 Å². The lowest BCUT2D eigenvalue weighted by Gasteiger charge is -2.12. The molecule has 0 aliphatic rings. The van der Waals surface area contributed by atoms with Crippen LogP contribution in [0, 0.1) is 6.92 Å². The third kappa shape index (κ3) is 5.59. The standard InChI is InChI=1S/C52H33N3O2/c1-32-37-29-27-34-15-6-9-20-39(34)49(37)57-45(32)24-12-5-14-33-26-28-42-47(30-33)56-46-25-13-23-43(48(42)46)51-53-50(35-16-3-2-4-17-35)54-52(55-51)44-31-36-18-7-8-19-38(36)40-21-10-11-22-41(40)44/h2-31H,1H3/b14-5+,24-12-. The highest BCUT2D eigenvalue weighted by Crippen LogP contribution is 2.39. The minimum atomic E-state index is 0.590. The van der Waals surface area contributed by atoms with Crippen LogP contribution in [0.15, 0.2) is 179 Å². The Morgan fingerprint density at radius 3 is 1.98 bits per heavy atom. The molecule has 268 valence electrons. The maximum atomic E-state index is 6.51. The molecule has 0 fully saturated rings. The van der Waals surface area contributed by atoms with Gasteiger partial charge in [0.2, 0.25) is 0 Å². The molecule has 0 aliphatic carbocycles. The SMILES string of the molecule is Cc1c(/C=C\C=C\c2ccc3c(c2)oc2cccc(-c4nc(-c5ccccc5)nc(-c5cc6ccccc6c6ccccc56)n4)c23)oc2c1ccc1ccccc12. The number of rotatable bonds is 6. The topological polar surface area (TPSA) is 65.0 Å². The zero-order valence-electron chi connectivity index (χ0n) is 31.0. The molecular weight excluding hydrogens is 699 g/mol. The van der Waals surface area contributed by atoms with Crippen LogP contribution in [0.4, 0.5) is 0 Å². The maximum absolute atomic E-state index is 6.51. The second-order valence-electron chi connectivity index (χ2n) is 14.4. The number of nitrogens with zero attached hydrogens (tertiary/aromatic N) is 3. The highest BCUT2D eigenvalue weighted by atomic mass is 16.3. The van der Waals surface area contributed by atoms with Crippen LogP contribution in [-0.4, -0.2) is 15.0 Å². The fourth-order valence-electron chi connectivity index (χ4n) is 8.14. The normalized spacial score (nSPS) is 12.2. The first-order valence-corrected chi connectivity index (χ1v) is 19.1. The summed E-state index contributed by atoms with van der Waals surface area (Å²) in [6.45, 7) is 2.11. The van der Waals surface area contributed by atoms with E-state index in [4.69, 9.17) is 23.8 Å².